The first-order valence-electron chi connectivity index (χ1n) is 6.53. The lowest BCUT2D eigenvalue weighted by Gasteiger charge is -2.11. The molecule has 0 spiro atoms. The van der Waals surface area contributed by atoms with Crippen molar-refractivity contribution in [1.29, 1.82) is 0 Å². The van der Waals surface area contributed by atoms with E-state index in [1.807, 2.05) is 26.0 Å². The number of hydrogen-bond acceptors (Lipinski definition) is 3. The molecule has 0 amide bonds. The van der Waals surface area contributed by atoms with Gasteiger partial charge >= 0.3 is 0 Å². The molecule has 0 aliphatic heterocycles. The van der Waals surface area contributed by atoms with Gasteiger partial charge in [0.25, 0.3) is 0 Å². The lowest BCUT2D eigenvalue weighted by atomic mass is 9.96. The van der Waals surface area contributed by atoms with Crippen LogP contribution in [0.15, 0.2) is 39.7 Å². The molecule has 102 valence electrons. The van der Waals surface area contributed by atoms with Crippen LogP contribution < -0.4 is 5.73 Å². The summed E-state index contributed by atoms with van der Waals surface area (Å²) in [6.07, 6.45) is 6.53. The summed E-state index contributed by atoms with van der Waals surface area (Å²) < 4.78 is 0. The Bertz CT molecular complexity index is 387. The van der Waals surface area contributed by atoms with Crippen molar-refractivity contribution in [3.63, 3.8) is 0 Å². The van der Waals surface area contributed by atoms with Crippen molar-refractivity contribution in [3.8, 4) is 0 Å². The fourth-order valence-electron chi connectivity index (χ4n) is 1.65. The molecule has 0 saturated carbocycles. The summed E-state index contributed by atoms with van der Waals surface area (Å²) in [7, 11) is 0. The summed E-state index contributed by atoms with van der Waals surface area (Å²) in [4.78, 5) is 0. The fraction of sp³-hybridized carbons (Fsp3) is 0.533. The second-order valence-electron chi connectivity index (χ2n) is 4.42. The van der Waals surface area contributed by atoms with Crippen LogP contribution in [0.2, 0.25) is 0 Å². The van der Waals surface area contributed by atoms with Crippen molar-refractivity contribution in [3.05, 3.63) is 34.6 Å². The Hall–Kier alpha value is -1.51. The first-order chi connectivity index (χ1) is 8.51. The minimum Gasteiger partial charge on any atom is -0.411 e. The van der Waals surface area contributed by atoms with Crippen LogP contribution in [0.1, 0.15) is 53.9 Å². The third kappa shape index (κ3) is 4.78. The molecule has 0 rings (SSSR count). The second-order valence-corrected chi connectivity index (χ2v) is 4.42. The largest absolute Gasteiger partial charge is 0.411 e. The average Bonchev–Trinajstić information content (AvgIpc) is 2.40. The highest BCUT2D eigenvalue weighted by Crippen LogP contribution is 2.18. The second kappa shape index (κ2) is 8.56. The molecule has 0 radical (unpaired) electrons. The van der Waals surface area contributed by atoms with E-state index in [1.165, 1.54) is 5.57 Å². The summed E-state index contributed by atoms with van der Waals surface area (Å²) in [5, 5.41) is 12.6. The van der Waals surface area contributed by atoms with Crippen molar-refractivity contribution in [2.45, 2.75) is 53.9 Å². The molecular weight excluding hydrogens is 224 g/mol. The van der Waals surface area contributed by atoms with Gasteiger partial charge in [-0.1, -0.05) is 37.1 Å². The average molecular weight is 250 g/mol. The summed E-state index contributed by atoms with van der Waals surface area (Å²) in [6, 6.07) is 0. The van der Waals surface area contributed by atoms with E-state index in [4.69, 9.17) is 10.9 Å². The van der Waals surface area contributed by atoms with Gasteiger partial charge in [-0.15, -0.1) is 0 Å². The van der Waals surface area contributed by atoms with E-state index in [2.05, 4.69) is 25.9 Å². The molecule has 18 heavy (non-hydrogen) atoms. The quantitative estimate of drug-likeness (QED) is 0.322. The van der Waals surface area contributed by atoms with Crippen LogP contribution in [-0.2, 0) is 0 Å². The normalized spacial score (nSPS) is 15.7. The lowest BCUT2D eigenvalue weighted by molar-refractivity contribution is 0.318. The van der Waals surface area contributed by atoms with Crippen LogP contribution in [0, 0.1) is 0 Å². The van der Waals surface area contributed by atoms with E-state index in [-0.39, 0.29) is 0 Å². The Morgan fingerprint density at radius 2 is 1.89 bits per heavy atom. The molecule has 0 unspecified atom stereocenters. The van der Waals surface area contributed by atoms with Crippen LogP contribution in [0.3, 0.4) is 0 Å². The monoisotopic (exact) mass is 250 g/mol. The maximum absolute atomic E-state index is 9.16. The van der Waals surface area contributed by atoms with Crippen LogP contribution in [-0.4, -0.2) is 10.9 Å². The van der Waals surface area contributed by atoms with Gasteiger partial charge in [0.15, 0.2) is 0 Å². The number of hydrogen-bond donors (Lipinski definition) is 2. The Kier molecular flexibility index (Phi) is 7.84. The molecule has 3 nitrogen and oxygen atoms in total. The van der Waals surface area contributed by atoms with Crippen molar-refractivity contribution < 1.29 is 5.21 Å². The highest BCUT2D eigenvalue weighted by molar-refractivity contribution is 6.03. The van der Waals surface area contributed by atoms with Crippen molar-refractivity contribution in [1.82, 2.24) is 0 Å². The maximum Gasteiger partial charge on any atom is 0.0867 e. The van der Waals surface area contributed by atoms with E-state index in [0.29, 0.717) is 0 Å². The van der Waals surface area contributed by atoms with E-state index in [9.17, 15) is 0 Å². The molecule has 0 atom stereocenters. The first-order valence-corrected chi connectivity index (χ1v) is 6.53. The number of nitrogens with zero attached hydrogens (tertiary/aromatic N) is 1. The summed E-state index contributed by atoms with van der Waals surface area (Å²) in [5.74, 6) is 0. The van der Waals surface area contributed by atoms with E-state index in [0.717, 1.165) is 41.8 Å². The number of allylic oxidation sites excluding steroid dienone is 5. The molecule has 0 aromatic carbocycles. The van der Waals surface area contributed by atoms with Gasteiger partial charge in [-0.25, -0.2) is 0 Å². The number of rotatable bonds is 6. The van der Waals surface area contributed by atoms with Gasteiger partial charge in [0, 0.05) is 5.70 Å². The Morgan fingerprint density at radius 1 is 1.28 bits per heavy atom. The first kappa shape index (κ1) is 16.5. The van der Waals surface area contributed by atoms with Crippen LogP contribution in [0.25, 0.3) is 0 Å². The zero-order valence-electron chi connectivity index (χ0n) is 12.2. The molecule has 0 aromatic rings. The predicted molar refractivity (Wildman–Crippen MR) is 78.8 cm³/mol. The standard InChI is InChI=1S/C15H26N2O/c1-6-9-15(17-18)13(11(4)7-2)10-12(5)14(16)8-3/h8,10,18H,6-7,9,16H2,1-5H3/b12-10-,13-11-,14-8+,17-15+. The molecule has 0 aliphatic carbocycles. The zero-order chi connectivity index (χ0) is 14.1. The third-order valence-electron chi connectivity index (χ3n) is 3.04. The highest BCUT2D eigenvalue weighted by atomic mass is 16.4. The topological polar surface area (TPSA) is 58.6 Å². The van der Waals surface area contributed by atoms with Gasteiger partial charge < -0.3 is 10.9 Å². The molecular formula is C15H26N2O. The minimum absolute atomic E-state index is 0.736. The van der Waals surface area contributed by atoms with Crippen molar-refractivity contribution in [2.75, 3.05) is 0 Å². The lowest BCUT2D eigenvalue weighted by Crippen LogP contribution is -2.06. The minimum atomic E-state index is 0.736. The molecule has 3 N–H and O–H groups in total. The number of nitrogens with two attached hydrogens (primary N) is 1. The number of oxime groups is 1. The third-order valence-corrected chi connectivity index (χ3v) is 3.04. The molecule has 0 fully saturated rings. The molecule has 0 saturated heterocycles. The van der Waals surface area contributed by atoms with Gasteiger partial charge in [0.1, 0.15) is 0 Å². The van der Waals surface area contributed by atoms with E-state index in [1.54, 1.807) is 0 Å². The molecule has 3 heteroatoms. The molecule has 0 bridgehead atoms. The van der Waals surface area contributed by atoms with Crippen LogP contribution in [0.4, 0.5) is 0 Å². The van der Waals surface area contributed by atoms with Crippen LogP contribution >= 0.6 is 0 Å². The Morgan fingerprint density at radius 3 is 2.28 bits per heavy atom. The van der Waals surface area contributed by atoms with Crippen molar-refractivity contribution in [2.24, 2.45) is 10.9 Å². The molecule has 0 heterocycles. The predicted octanol–water partition coefficient (Wildman–Crippen LogP) is 4.15. The van der Waals surface area contributed by atoms with Crippen molar-refractivity contribution >= 4 is 5.71 Å². The summed E-state index contributed by atoms with van der Waals surface area (Å²) in [5.41, 5.74) is 10.6. The van der Waals surface area contributed by atoms with Crippen LogP contribution in [0.5, 0.6) is 0 Å². The highest BCUT2D eigenvalue weighted by Gasteiger charge is 2.09. The van der Waals surface area contributed by atoms with Gasteiger partial charge in [0.05, 0.1) is 5.71 Å². The maximum atomic E-state index is 9.16. The SMILES string of the molecule is C\C=C(N)/C(C)=C\C(=C(/C)CC)C(\CCC)=N\O. The smallest absolute Gasteiger partial charge is 0.0867 e. The summed E-state index contributed by atoms with van der Waals surface area (Å²) >= 11 is 0. The van der Waals surface area contributed by atoms with Gasteiger partial charge in [-0.05, 0) is 50.8 Å². The molecule has 0 aromatic heterocycles. The Balaban J connectivity index is 5.55. The van der Waals surface area contributed by atoms with Gasteiger partial charge in [-0.3, -0.25) is 0 Å². The van der Waals surface area contributed by atoms with Gasteiger partial charge in [0.2, 0.25) is 0 Å². The van der Waals surface area contributed by atoms with E-state index < -0.39 is 0 Å². The summed E-state index contributed by atoms with van der Waals surface area (Å²) in [6.45, 7) is 10.1. The zero-order valence-corrected chi connectivity index (χ0v) is 12.2. The van der Waals surface area contributed by atoms with E-state index >= 15 is 0 Å². The Labute approximate surface area is 111 Å². The fourth-order valence-corrected chi connectivity index (χ4v) is 1.65. The van der Waals surface area contributed by atoms with Gasteiger partial charge in [-0.2, -0.15) is 0 Å². The molecule has 0 aliphatic rings.